The van der Waals surface area contributed by atoms with Gasteiger partial charge in [0.2, 0.25) is 0 Å². The highest BCUT2D eigenvalue weighted by molar-refractivity contribution is 6.30. The van der Waals surface area contributed by atoms with Gasteiger partial charge in [-0.15, -0.1) is 0 Å². The van der Waals surface area contributed by atoms with E-state index in [1.165, 1.54) is 34.9 Å². The molecule has 0 saturated carbocycles. The van der Waals surface area contributed by atoms with Gasteiger partial charge in [-0.1, -0.05) is 44.7 Å². The summed E-state index contributed by atoms with van der Waals surface area (Å²) in [5.74, 6) is 0. The SMILES string of the molecule is C=C/C=C(\C=C)n1c(=O)nc2ccc(Cl)cn2c1=O.CC. The fourth-order valence-electron chi connectivity index (χ4n) is 1.62. The number of halogens is 1. The Hall–Kier alpha value is -2.40. The first-order valence-electron chi connectivity index (χ1n) is 6.35. The molecule has 2 aromatic heterocycles. The van der Waals surface area contributed by atoms with Gasteiger partial charge in [-0.3, -0.25) is 4.40 Å². The maximum absolute atomic E-state index is 12.3. The highest BCUT2D eigenvalue weighted by Gasteiger charge is 2.09. The Morgan fingerprint density at radius 1 is 1.29 bits per heavy atom. The van der Waals surface area contributed by atoms with Crippen molar-refractivity contribution >= 4 is 22.9 Å². The monoisotopic (exact) mass is 305 g/mol. The largest absolute Gasteiger partial charge is 0.358 e. The van der Waals surface area contributed by atoms with E-state index in [4.69, 9.17) is 11.6 Å². The third-order valence-electron chi connectivity index (χ3n) is 2.45. The van der Waals surface area contributed by atoms with Crippen LogP contribution in [0.4, 0.5) is 0 Å². The van der Waals surface area contributed by atoms with E-state index in [0.717, 1.165) is 4.57 Å². The molecular formula is C15H16ClN3O2. The quantitative estimate of drug-likeness (QED) is 0.819. The van der Waals surface area contributed by atoms with Crippen molar-refractivity contribution in [3.63, 3.8) is 0 Å². The average Bonchev–Trinajstić information content (AvgIpc) is 2.49. The van der Waals surface area contributed by atoms with Gasteiger partial charge in [-0.2, -0.15) is 4.98 Å². The maximum Gasteiger partial charge on any atom is 0.358 e. The van der Waals surface area contributed by atoms with Gasteiger partial charge in [0, 0.05) is 6.20 Å². The van der Waals surface area contributed by atoms with Crippen LogP contribution in [-0.2, 0) is 0 Å². The minimum atomic E-state index is -0.680. The van der Waals surface area contributed by atoms with Crippen LogP contribution >= 0.6 is 11.6 Å². The highest BCUT2D eigenvalue weighted by Crippen LogP contribution is 2.07. The Kier molecular flexibility index (Phi) is 5.87. The first-order valence-corrected chi connectivity index (χ1v) is 6.73. The summed E-state index contributed by atoms with van der Waals surface area (Å²) < 4.78 is 2.10. The van der Waals surface area contributed by atoms with E-state index in [1.54, 1.807) is 6.07 Å². The molecule has 0 aliphatic rings. The Labute approximate surface area is 127 Å². The van der Waals surface area contributed by atoms with E-state index in [-0.39, 0.29) is 5.65 Å². The van der Waals surface area contributed by atoms with Crippen LogP contribution in [0.2, 0.25) is 5.02 Å². The lowest BCUT2D eigenvalue weighted by Crippen LogP contribution is -2.38. The predicted octanol–water partition coefficient (Wildman–Crippen LogP) is 2.75. The molecule has 0 aliphatic carbocycles. The van der Waals surface area contributed by atoms with Crippen LogP contribution in [0.3, 0.4) is 0 Å². The average molecular weight is 306 g/mol. The fraction of sp³-hybridized carbons (Fsp3) is 0.133. The summed E-state index contributed by atoms with van der Waals surface area (Å²) in [6.07, 6.45) is 5.73. The van der Waals surface area contributed by atoms with Gasteiger partial charge >= 0.3 is 11.4 Å². The van der Waals surface area contributed by atoms with Crippen LogP contribution in [-0.4, -0.2) is 14.0 Å². The van der Waals surface area contributed by atoms with Crippen molar-refractivity contribution in [2.75, 3.05) is 0 Å². The maximum atomic E-state index is 12.3. The molecular weight excluding hydrogens is 290 g/mol. The van der Waals surface area contributed by atoms with Crippen LogP contribution in [0.5, 0.6) is 0 Å². The molecule has 0 spiro atoms. The van der Waals surface area contributed by atoms with Gasteiger partial charge in [0.25, 0.3) is 0 Å². The number of rotatable bonds is 3. The smallest absolute Gasteiger partial charge is 0.251 e. The van der Waals surface area contributed by atoms with Gasteiger partial charge in [-0.05, 0) is 24.3 Å². The molecule has 2 aromatic rings. The first kappa shape index (κ1) is 16.7. The summed E-state index contributed by atoms with van der Waals surface area (Å²) in [4.78, 5) is 28.0. The van der Waals surface area contributed by atoms with Gasteiger partial charge in [-0.25, -0.2) is 14.2 Å². The predicted molar refractivity (Wildman–Crippen MR) is 86.7 cm³/mol. The lowest BCUT2D eigenvalue weighted by molar-refractivity contribution is 0.812. The molecule has 21 heavy (non-hydrogen) atoms. The third kappa shape index (κ3) is 3.38. The summed E-state index contributed by atoms with van der Waals surface area (Å²) in [7, 11) is 0. The summed E-state index contributed by atoms with van der Waals surface area (Å²) in [5.41, 5.74) is -0.713. The molecule has 0 atom stereocenters. The molecule has 2 heterocycles. The lowest BCUT2D eigenvalue weighted by Gasteiger charge is -2.06. The van der Waals surface area contributed by atoms with E-state index in [0.29, 0.717) is 10.7 Å². The molecule has 0 unspecified atom stereocenters. The molecule has 0 aromatic carbocycles. The minimum Gasteiger partial charge on any atom is -0.251 e. The van der Waals surface area contributed by atoms with Crippen molar-refractivity contribution in [1.29, 1.82) is 0 Å². The first-order chi connectivity index (χ1) is 10.1. The molecule has 6 heteroatoms. The second kappa shape index (κ2) is 7.40. The van der Waals surface area contributed by atoms with Crippen molar-refractivity contribution in [2.24, 2.45) is 0 Å². The van der Waals surface area contributed by atoms with E-state index in [1.807, 2.05) is 13.8 Å². The normalized spacial score (nSPS) is 10.7. The van der Waals surface area contributed by atoms with E-state index in [9.17, 15) is 9.59 Å². The number of nitrogens with zero attached hydrogens (tertiary/aromatic N) is 3. The second-order valence-electron chi connectivity index (χ2n) is 3.62. The van der Waals surface area contributed by atoms with Crippen LogP contribution in [0.25, 0.3) is 11.3 Å². The number of fused-ring (bicyclic) bond motifs is 1. The Balaban J connectivity index is 0.00000106. The van der Waals surface area contributed by atoms with Crippen LogP contribution in [0, 0.1) is 0 Å². The summed E-state index contributed by atoms with van der Waals surface area (Å²) in [6.45, 7) is 11.1. The zero-order valence-electron chi connectivity index (χ0n) is 11.9. The van der Waals surface area contributed by atoms with Gasteiger partial charge < -0.3 is 0 Å². The molecule has 2 rings (SSSR count). The summed E-state index contributed by atoms with van der Waals surface area (Å²) in [5, 5.41) is 0.370. The highest BCUT2D eigenvalue weighted by atomic mass is 35.5. The van der Waals surface area contributed by atoms with Crippen molar-refractivity contribution in [3.8, 4) is 0 Å². The number of aromatic nitrogens is 3. The molecule has 0 bridgehead atoms. The van der Waals surface area contributed by atoms with Crippen molar-refractivity contribution < 1.29 is 0 Å². The molecule has 5 nitrogen and oxygen atoms in total. The number of hydrogen-bond acceptors (Lipinski definition) is 3. The van der Waals surface area contributed by atoms with Gasteiger partial charge in [0.05, 0.1) is 10.7 Å². The molecule has 0 fully saturated rings. The lowest BCUT2D eigenvalue weighted by atomic mass is 10.3. The minimum absolute atomic E-state index is 0.234. The summed E-state index contributed by atoms with van der Waals surface area (Å²) >= 11 is 5.83. The van der Waals surface area contributed by atoms with E-state index >= 15 is 0 Å². The van der Waals surface area contributed by atoms with Crippen LogP contribution in [0.1, 0.15) is 13.8 Å². The zero-order valence-corrected chi connectivity index (χ0v) is 12.7. The van der Waals surface area contributed by atoms with Crippen molar-refractivity contribution in [3.05, 3.63) is 75.7 Å². The van der Waals surface area contributed by atoms with E-state index in [2.05, 4.69) is 18.1 Å². The number of allylic oxidation sites excluding steroid dienone is 4. The number of hydrogen-bond donors (Lipinski definition) is 0. The molecule has 0 radical (unpaired) electrons. The van der Waals surface area contributed by atoms with Crippen molar-refractivity contribution in [1.82, 2.24) is 14.0 Å². The molecule has 110 valence electrons. The summed E-state index contributed by atoms with van der Waals surface area (Å²) in [6, 6.07) is 3.06. The topological polar surface area (TPSA) is 56.4 Å². The fourth-order valence-corrected chi connectivity index (χ4v) is 1.78. The molecule has 0 aliphatic heterocycles. The Morgan fingerprint density at radius 2 is 1.95 bits per heavy atom. The van der Waals surface area contributed by atoms with Crippen LogP contribution in [0.15, 0.2) is 59.3 Å². The molecule has 0 amide bonds. The van der Waals surface area contributed by atoms with Gasteiger partial charge in [0.1, 0.15) is 5.65 Å². The van der Waals surface area contributed by atoms with Crippen molar-refractivity contribution in [2.45, 2.75) is 13.8 Å². The van der Waals surface area contributed by atoms with Gasteiger partial charge in [0.15, 0.2) is 0 Å². The standard InChI is InChI=1S/C13H10ClN3O2.C2H6/c1-3-5-10(4-2)17-12(18)15-11-7-6-9(14)8-16(11)13(17)19;1-2/h3-8H,1-2H2;1-2H3/b10-5+;. The third-order valence-corrected chi connectivity index (χ3v) is 2.67. The molecule has 0 N–H and O–H groups in total. The second-order valence-corrected chi connectivity index (χ2v) is 4.06. The van der Waals surface area contributed by atoms with E-state index < -0.39 is 11.4 Å². The molecule has 0 saturated heterocycles. The number of pyridine rings is 1. The van der Waals surface area contributed by atoms with Crippen LogP contribution < -0.4 is 11.4 Å². The Bertz CT molecular complexity index is 816. The Morgan fingerprint density at radius 3 is 2.52 bits per heavy atom. The zero-order chi connectivity index (χ0) is 16.0.